The van der Waals surface area contributed by atoms with Gasteiger partial charge in [0.15, 0.2) is 23.7 Å². The van der Waals surface area contributed by atoms with Crippen molar-refractivity contribution in [3.8, 4) is 11.5 Å². The van der Waals surface area contributed by atoms with Crippen LogP contribution < -0.4 is 9.47 Å². The van der Waals surface area contributed by atoms with Crippen LogP contribution in [0.3, 0.4) is 0 Å². The average molecular weight is 283 g/mol. The summed E-state index contributed by atoms with van der Waals surface area (Å²) >= 11 is 0. The summed E-state index contributed by atoms with van der Waals surface area (Å²) in [6.07, 6.45) is 0.757. The standard InChI is InChI=1S/C16H13NO4/c1-19-15-8-11(9-18)6-7-14(15)20-10-16-17-12-4-2-3-5-13(12)21-16/h2-9H,10H2,1H3. The monoisotopic (exact) mass is 283 g/mol. The third kappa shape index (κ3) is 2.72. The summed E-state index contributed by atoms with van der Waals surface area (Å²) < 4.78 is 16.4. The second-order valence-corrected chi connectivity index (χ2v) is 4.39. The minimum atomic E-state index is 0.186. The van der Waals surface area contributed by atoms with Gasteiger partial charge in [0.05, 0.1) is 7.11 Å². The number of aldehydes is 1. The Kier molecular flexibility index (Phi) is 3.55. The summed E-state index contributed by atoms with van der Waals surface area (Å²) in [5, 5.41) is 0. The molecule has 5 nitrogen and oxygen atoms in total. The molecule has 5 heteroatoms. The lowest BCUT2D eigenvalue weighted by Gasteiger charge is -2.09. The molecule has 3 rings (SSSR count). The van der Waals surface area contributed by atoms with Gasteiger partial charge >= 0.3 is 0 Å². The van der Waals surface area contributed by atoms with Crippen LogP contribution in [0.25, 0.3) is 11.1 Å². The Morgan fingerprint density at radius 3 is 2.81 bits per heavy atom. The molecule has 3 aromatic rings. The lowest BCUT2D eigenvalue weighted by Crippen LogP contribution is -1.98. The van der Waals surface area contributed by atoms with Crippen LogP contribution in [-0.4, -0.2) is 18.4 Å². The van der Waals surface area contributed by atoms with Crippen molar-refractivity contribution in [3.05, 3.63) is 53.9 Å². The minimum absolute atomic E-state index is 0.186. The Balaban J connectivity index is 1.79. The predicted molar refractivity (Wildman–Crippen MR) is 76.7 cm³/mol. The summed E-state index contributed by atoms with van der Waals surface area (Å²) in [4.78, 5) is 15.1. The first-order valence-corrected chi connectivity index (χ1v) is 6.40. The van der Waals surface area contributed by atoms with Crippen molar-refractivity contribution >= 4 is 17.4 Å². The fraction of sp³-hybridized carbons (Fsp3) is 0.125. The van der Waals surface area contributed by atoms with Crippen LogP contribution >= 0.6 is 0 Å². The molecule has 1 heterocycles. The van der Waals surface area contributed by atoms with Gasteiger partial charge in [0.25, 0.3) is 0 Å². The topological polar surface area (TPSA) is 61.6 Å². The quantitative estimate of drug-likeness (QED) is 0.673. The third-order valence-electron chi connectivity index (χ3n) is 3.01. The fourth-order valence-electron chi connectivity index (χ4n) is 2.00. The van der Waals surface area contributed by atoms with Gasteiger partial charge in [-0.1, -0.05) is 12.1 Å². The highest BCUT2D eigenvalue weighted by atomic mass is 16.5. The van der Waals surface area contributed by atoms with Crippen LogP contribution in [0.4, 0.5) is 0 Å². The summed E-state index contributed by atoms with van der Waals surface area (Å²) in [6, 6.07) is 12.5. The summed E-state index contributed by atoms with van der Waals surface area (Å²) in [7, 11) is 1.52. The van der Waals surface area contributed by atoms with E-state index in [1.165, 1.54) is 7.11 Å². The van der Waals surface area contributed by atoms with Crippen LogP contribution in [-0.2, 0) is 6.61 Å². The van der Waals surface area contributed by atoms with Crippen LogP contribution in [0.15, 0.2) is 46.9 Å². The van der Waals surface area contributed by atoms with Crippen LogP contribution in [0, 0.1) is 0 Å². The Hall–Kier alpha value is -2.82. The number of rotatable bonds is 5. The lowest BCUT2D eigenvalue weighted by atomic mass is 10.2. The van der Waals surface area contributed by atoms with Crippen molar-refractivity contribution in [3.63, 3.8) is 0 Å². The molecular formula is C16H13NO4. The van der Waals surface area contributed by atoms with Gasteiger partial charge in [-0.3, -0.25) is 4.79 Å². The Morgan fingerprint density at radius 1 is 1.19 bits per heavy atom. The number of hydrogen-bond acceptors (Lipinski definition) is 5. The zero-order valence-corrected chi connectivity index (χ0v) is 11.4. The van der Waals surface area contributed by atoms with Gasteiger partial charge in [-0.05, 0) is 30.3 Å². The van der Waals surface area contributed by atoms with Crippen molar-refractivity contribution in [2.45, 2.75) is 6.61 Å². The number of methoxy groups -OCH3 is 1. The maximum atomic E-state index is 10.7. The predicted octanol–water partition coefficient (Wildman–Crippen LogP) is 3.23. The Labute approximate surface area is 121 Å². The number of benzene rings is 2. The van der Waals surface area contributed by atoms with E-state index in [1.807, 2.05) is 24.3 Å². The molecule has 0 fully saturated rings. The summed E-state index contributed by atoms with van der Waals surface area (Å²) in [5.74, 6) is 1.51. The molecule has 0 aliphatic rings. The molecule has 0 bridgehead atoms. The number of fused-ring (bicyclic) bond motifs is 1. The van der Waals surface area contributed by atoms with E-state index in [-0.39, 0.29) is 6.61 Å². The molecule has 0 amide bonds. The minimum Gasteiger partial charge on any atom is -0.493 e. The van der Waals surface area contributed by atoms with E-state index in [9.17, 15) is 4.79 Å². The molecule has 0 radical (unpaired) electrons. The van der Waals surface area contributed by atoms with Gasteiger partial charge in [0, 0.05) is 5.56 Å². The van der Waals surface area contributed by atoms with Gasteiger partial charge in [-0.15, -0.1) is 0 Å². The maximum absolute atomic E-state index is 10.7. The molecule has 0 saturated carbocycles. The smallest absolute Gasteiger partial charge is 0.233 e. The Morgan fingerprint density at radius 2 is 2.05 bits per heavy atom. The molecule has 0 aliphatic carbocycles. The number of carbonyl (C=O) groups is 1. The third-order valence-corrected chi connectivity index (χ3v) is 3.01. The second-order valence-electron chi connectivity index (χ2n) is 4.39. The number of ether oxygens (including phenoxy) is 2. The average Bonchev–Trinajstić information content (AvgIpc) is 2.95. The van der Waals surface area contributed by atoms with Gasteiger partial charge in [-0.25, -0.2) is 4.98 Å². The number of carbonyl (C=O) groups excluding carboxylic acids is 1. The first-order valence-electron chi connectivity index (χ1n) is 6.40. The highest BCUT2D eigenvalue weighted by Gasteiger charge is 2.09. The number of aromatic nitrogens is 1. The van der Waals surface area contributed by atoms with E-state index in [4.69, 9.17) is 13.9 Å². The molecule has 21 heavy (non-hydrogen) atoms. The van der Waals surface area contributed by atoms with E-state index in [0.29, 0.717) is 23.0 Å². The molecule has 0 saturated heterocycles. The number of hydrogen-bond donors (Lipinski definition) is 0. The zero-order chi connectivity index (χ0) is 14.7. The van der Waals surface area contributed by atoms with Crippen molar-refractivity contribution in [1.82, 2.24) is 4.98 Å². The van der Waals surface area contributed by atoms with Gasteiger partial charge < -0.3 is 13.9 Å². The molecule has 106 valence electrons. The normalized spacial score (nSPS) is 10.5. The SMILES string of the molecule is COc1cc(C=O)ccc1OCc1nc2ccccc2o1. The largest absolute Gasteiger partial charge is 0.493 e. The highest BCUT2D eigenvalue weighted by molar-refractivity contribution is 5.76. The molecule has 0 atom stereocenters. The van der Waals surface area contributed by atoms with Gasteiger partial charge in [0.2, 0.25) is 5.89 Å². The lowest BCUT2D eigenvalue weighted by molar-refractivity contribution is 0.112. The molecule has 0 aliphatic heterocycles. The van der Waals surface area contributed by atoms with Crippen molar-refractivity contribution in [2.24, 2.45) is 0 Å². The number of para-hydroxylation sites is 2. The second kappa shape index (κ2) is 5.66. The maximum Gasteiger partial charge on any atom is 0.233 e. The molecular weight excluding hydrogens is 270 g/mol. The van der Waals surface area contributed by atoms with Crippen LogP contribution in [0.1, 0.15) is 16.2 Å². The van der Waals surface area contributed by atoms with E-state index >= 15 is 0 Å². The summed E-state index contributed by atoms with van der Waals surface area (Å²) in [6.45, 7) is 0.186. The summed E-state index contributed by atoms with van der Waals surface area (Å²) in [5.41, 5.74) is 2.04. The van der Waals surface area contributed by atoms with Gasteiger partial charge in [-0.2, -0.15) is 0 Å². The van der Waals surface area contributed by atoms with E-state index in [1.54, 1.807) is 18.2 Å². The van der Waals surface area contributed by atoms with E-state index < -0.39 is 0 Å². The van der Waals surface area contributed by atoms with Crippen molar-refractivity contribution in [1.29, 1.82) is 0 Å². The van der Waals surface area contributed by atoms with Crippen molar-refractivity contribution < 1.29 is 18.7 Å². The van der Waals surface area contributed by atoms with Gasteiger partial charge in [0.1, 0.15) is 11.8 Å². The molecule has 1 aromatic heterocycles. The van der Waals surface area contributed by atoms with Crippen molar-refractivity contribution in [2.75, 3.05) is 7.11 Å². The molecule has 0 N–H and O–H groups in total. The number of oxazole rings is 1. The number of nitrogens with zero attached hydrogens (tertiary/aromatic N) is 1. The zero-order valence-electron chi connectivity index (χ0n) is 11.4. The van der Waals surface area contributed by atoms with E-state index in [2.05, 4.69) is 4.98 Å². The molecule has 0 unspecified atom stereocenters. The van der Waals surface area contributed by atoms with E-state index in [0.717, 1.165) is 17.4 Å². The highest BCUT2D eigenvalue weighted by Crippen LogP contribution is 2.28. The first kappa shape index (κ1) is 13.2. The van der Waals surface area contributed by atoms with Crippen LogP contribution in [0.2, 0.25) is 0 Å². The Bertz CT molecular complexity index is 746. The van der Waals surface area contributed by atoms with Crippen LogP contribution in [0.5, 0.6) is 11.5 Å². The molecule has 2 aromatic carbocycles. The molecule has 0 spiro atoms. The fourth-order valence-corrected chi connectivity index (χ4v) is 2.00. The first-order chi connectivity index (χ1) is 10.3.